The van der Waals surface area contributed by atoms with E-state index >= 15 is 0 Å². The zero-order chi connectivity index (χ0) is 15.8. The van der Waals surface area contributed by atoms with Crippen molar-refractivity contribution in [3.8, 4) is 0 Å². The Morgan fingerprint density at radius 1 is 1.25 bits per heavy atom. The molecule has 0 heterocycles. The fourth-order valence-electron chi connectivity index (χ4n) is 2.66. The Balaban J connectivity index is 0.000000829. The number of aromatic carboxylic acids is 1. The third-order valence-electron chi connectivity index (χ3n) is 3.96. The molecule has 0 amide bonds. The van der Waals surface area contributed by atoms with Crippen molar-refractivity contribution in [1.82, 2.24) is 0 Å². The molecule has 2 heteroatoms. The van der Waals surface area contributed by atoms with Crippen LogP contribution in [0.15, 0.2) is 18.2 Å². The predicted octanol–water partition coefficient (Wildman–Crippen LogP) is 5.44. The van der Waals surface area contributed by atoms with Gasteiger partial charge in [-0.25, -0.2) is 4.79 Å². The first-order valence-electron chi connectivity index (χ1n) is 7.93. The van der Waals surface area contributed by atoms with Crippen LogP contribution < -0.4 is 0 Å². The summed E-state index contributed by atoms with van der Waals surface area (Å²) >= 11 is 0. The van der Waals surface area contributed by atoms with Gasteiger partial charge in [0, 0.05) is 0 Å². The van der Waals surface area contributed by atoms with Gasteiger partial charge in [0.25, 0.3) is 0 Å². The molecule has 0 radical (unpaired) electrons. The molecule has 114 valence electrons. The van der Waals surface area contributed by atoms with E-state index in [4.69, 9.17) is 5.11 Å². The lowest BCUT2D eigenvalue weighted by Crippen LogP contribution is -2.27. The molecule has 0 saturated heterocycles. The Bertz CT molecular complexity index is 423. The van der Waals surface area contributed by atoms with Gasteiger partial charge in [0.05, 0.1) is 5.56 Å². The van der Waals surface area contributed by atoms with Crippen molar-refractivity contribution in [2.24, 2.45) is 0 Å². The van der Waals surface area contributed by atoms with Gasteiger partial charge in [-0.3, -0.25) is 0 Å². The molecule has 0 aromatic heterocycles. The quantitative estimate of drug-likeness (QED) is 0.782. The van der Waals surface area contributed by atoms with E-state index in [0.717, 1.165) is 12.8 Å². The first kappa shape index (κ1) is 18.7. The molecule has 0 aliphatic heterocycles. The minimum Gasteiger partial charge on any atom is -0.478 e. The standard InChI is InChI=1S/C14H18O2.2C2H6/c1-3-14(2)8-4-5-10-6-7-11(13(15)16)9-12(10)14;2*1-2/h6-7,9H,3-5,8H2,1-2H3,(H,15,16);2*1-2H3. The van der Waals surface area contributed by atoms with Gasteiger partial charge in [0.15, 0.2) is 0 Å². The maximum Gasteiger partial charge on any atom is 0.335 e. The summed E-state index contributed by atoms with van der Waals surface area (Å²) in [6.07, 6.45) is 4.54. The average molecular weight is 278 g/mol. The Morgan fingerprint density at radius 2 is 1.85 bits per heavy atom. The summed E-state index contributed by atoms with van der Waals surface area (Å²) in [5.74, 6) is -0.827. The molecule has 1 atom stereocenters. The highest BCUT2D eigenvalue weighted by molar-refractivity contribution is 5.88. The van der Waals surface area contributed by atoms with E-state index in [1.807, 2.05) is 39.8 Å². The van der Waals surface area contributed by atoms with Crippen LogP contribution in [0.25, 0.3) is 0 Å². The molecular weight excluding hydrogens is 248 g/mol. The third kappa shape index (κ3) is 4.09. The van der Waals surface area contributed by atoms with Crippen LogP contribution in [0.5, 0.6) is 0 Å². The molecule has 0 saturated carbocycles. The molecule has 1 aromatic rings. The zero-order valence-corrected chi connectivity index (χ0v) is 13.9. The highest BCUT2D eigenvalue weighted by Gasteiger charge is 2.30. The highest BCUT2D eigenvalue weighted by Crippen LogP contribution is 2.39. The molecule has 1 aromatic carbocycles. The van der Waals surface area contributed by atoms with E-state index in [1.54, 1.807) is 6.07 Å². The second kappa shape index (κ2) is 8.78. The van der Waals surface area contributed by atoms with Crippen molar-refractivity contribution in [2.75, 3.05) is 0 Å². The highest BCUT2D eigenvalue weighted by atomic mass is 16.4. The molecule has 0 spiro atoms. The maximum atomic E-state index is 11.0. The van der Waals surface area contributed by atoms with Gasteiger partial charge in [-0.05, 0) is 54.4 Å². The fourth-order valence-corrected chi connectivity index (χ4v) is 2.66. The van der Waals surface area contributed by atoms with E-state index in [9.17, 15) is 4.79 Å². The molecule has 2 nitrogen and oxygen atoms in total. The number of carbonyl (C=O) groups is 1. The van der Waals surface area contributed by atoms with E-state index in [2.05, 4.69) is 13.8 Å². The monoisotopic (exact) mass is 278 g/mol. The van der Waals surface area contributed by atoms with Crippen molar-refractivity contribution in [3.05, 3.63) is 34.9 Å². The van der Waals surface area contributed by atoms with Gasteiger partial charge in [-0.2, -0.15) is 0 Å². The lowest BCUT2D eigenvalue weighted by atomic mass is 9.69. The molecule has 2 rings (SSSR count). The molecule has 1 aliphatic carbocycles. The average Bonchev–Trinajstić information content (AvgIpc) is 2.51. The lowest BCUT2D eigenvalue weighted by Gasteiger charge is -2.35. The summed E-state index contributed by atoms with van der Waals surface area (Å²) < 4.78 is 0. The van der Waals surface area contributed by atoms with Crippen LogP contribution in [-0.4, -0.2) is 11.1 Å². The molecule has 20 heavy (non-hydrogen) atoms. The smallest absolute Gasteiger partial charge is 0.335 e. The summed E-state index contributed by atoms with van der Waals surface area (Å²) in [7, 11) is 0. The lowest BCUT2D eigenvalue weighted by molar-refractivity contribution is 0.0696. The number of fused-ring (bicyclic) bond motifs is 1. The van der Waals surface area contributed by atoms with Crippen molar-refractivity contribution in [3.63, 3.8) is 0 Å². The molecule has 1 N–H and O–H groups in total. The summed E-state index contributed by atoms with van der Waals surface area (Å²) in [5.41, 5.74) is 3.17. The van der Waals surface area contributed by atoms with Gasteiger partial charge in [-0.15, -0.1) is 0 Å². The van der Waals surface area contributed by atoms with Crippen LogP contribution in [0.1, 0.15) is 82.3 Å². The number of hydrogen-bond acceptors (Lipinski definition) is 1. The largest absolute Gasteiger partial charge is 0.478 e. The molecule has 0 bridgehead atoms. The summed E-state index contributed by atoms with van der Waals surface area (Å²) in [6.45, 7) is 12.4. The fraction of sp³-hybridized carbons (Fsp3) is 0.611. The minimum atomic E-state index is -0.827. The first-order chi connectivity index (χ1) is 9.57. The Kier molecular flexibility index (Phi) is 8.21. The van der Waals surface area contributed by atoms with E-state index in [0.29, 0.717) is 5.56 Å². The van der Waals surface area contributed by atoms with Crippen molar-refractivity contribution in [1.29, 1.82) is 0 Å². The SMILES string of the molecule is CC.CC.CCC1(C)CCCc2ccc(C(=O)O)cc21. The molecule has 0 fully saturated rings. The number of carboxylic acid groups (broad SMARTS) is 1. The molecule has 1 aliphatic rings. The van der Waals surface area contributed by atoms with Gasteiger partial charge >= 0.3 is 5.97 Å². The second-order valence-corrected chi connectivity index (χ2v) is 4.94. The van der Waals surface area contributed by atoms with Crippen molar-refractivity contribution in [2.45, 2.75) is 72.6 Å². The zero-order valence-electron chi connectivity index (χ0n) is 13.9. The Morgan fingerprint density at radius 3 is 2.35 bits per heavy atom. The van der Waals surface area contributed by atoms with E-state index < -0.39 is 5.97 Å². The topological polar surface area (TPSA) is 37.3 Å². The number of aryl methyl sites for hydroxylation is 1. The number of rotatable bonds is 2. The van der Waals surface area contributed by atoms with Crippen LogP contribution >= 0.6 is 0 Å². The van der Waals surface area contributed by atoms with Crippen molar-refractivity contribution < 1.29 is 9.90 Å². The second-order valence-electron chi connectivity index (χ2n) is 4.94. The number of hydrogen-bond donors (Lipinski definition) is 1. The van der Waals surface area contributed by atoms with Crippen LogP contribution in [0.3, 0.4) is 0 Å². The minimum absolute atomic E-state index is 0.166. The number of carboxylic acids is 1. The molecular formula is C18H30O2. The van der Waals surface area contributed by atoms with E-state index in [-0.39, 0.29) is 5.41 Å². The van der Waals surface area contributed by atoms with Gasteiger partial charge < -0.3 is 5.11 Å². The van der Waals surface area contributed by atoms with Crippen LogP contribution in [0.2, 0.25) is 0 Å². The van der Waals surface area contributed by atoms with Gasteiger partial charge in [-0.1, -0.05) is 47.6 Å². The summed E-state index contributed by atoms with van der Waals surface area (Å²) in [5, 5.41) is 9.03. The summed E-state index contributed by atoms with van der Waals surface area (Å²) in [6, 6.07) is 5.59. The number of benzene rings is 1. The Hall–Kier alpha value is -1.31. The van der Waals surface area contributed by atoms with Crippen LogP contribution in [-0.2, 0) is 11.8 Å². The van der Waals surface area contributed by atoms with Gasteiger partial charge in [0.1, 0.15) is 0 Å². The molecule has 1 unspecified atom stereocenters. The van der Waals surface area contributed by atoms with Crippen molar-refractivity contribution >= 4 is 5.97 Å². The van der Waals surface area contributed by atoms with Crippen LogP contribution in [0, 0.1) is 0 Å². The van der Waals surface area contributed by atoms with Crippen LogP contribution in [0.4, 0.5) is 0 Å². The predicted molar refractivity (Wildman–Crippen MR) is 86.7 cm³/mol. The van der Waals surface area contributed by atoms with Gasteiger partial charge in [0.2, 0.25) is 0 Å². The maximum absolute atomic E-state index is 11.0. The Labute approximate surface area is 124 Å². The third-order valence-corrected chi connectivity index (χ3v) is 3.96. The first-order valence-corrected chi connectivity index (χ1v) is 7.93. The van der Waals surface area contributed by atoms with E-state index in [1.165, 1.54) is 24.0 Å². The summed E-state index contributed by atoms with van der Waals surface area (Å²) in [4.78, 5) is 11.0. The normalized spacial score (nSPS) is 19.7.